The molecule has 2 rings (SSSR count). The van der Waals surface area contributed by atoms with E-state index in [0.717, 1.165) is 4.47 Å². The van der Waals surface area contributed by atoms with Crippen molar-refractivity contribution >= 4 is 33.6 Å². The first-order valence-corrected chi connectivity index (χ1v) is 7.29. The number of rotatable bonds is 2. The molecule has 1 fully saturated rings. The Kier molecular flexibility index (Phi) is 4.81. The number of piperidine rings is 1. The molecule has 0 spiro atoms. The van der Waals surface area contributed by atoms with Gasteiger partial charge < -0.3 is 15.3 Å². The molecule has 0 unspecified atom stereocenters. The summed E-state index contributed by atoms with van der Waals surface area (Å²) in [7, 11) is 0. The lowest BCUT2D eigenvalue weighted by molar-refractivity contribution is -0.143. The van der Waals surface area contributed by atoms with Gasteiger partial charge in [0.15, 0.2) is 0 Å². The van der Waals surface area contributed by atoms with Crippen molar-refractivity contribution in [1.82, 2.24) is 4.90 Å². The van der Waals surface area contributed by atoms with Crippen LogP contribution in [0.4, 0.5) is 10.5 Å². The van der Waals surface area contributed by atoms with E-state index < -0.39 is 11.9 Å². The fourth-order valence-electron chi connectivity index (χ4n) is 2.27. The third-order valence-electron chi connectivity index (χ3n) is 3.40. The number of carboxylic acids is 1. The number of carbonyl (C=O) groups excluding carboxylic acids is 1. The van der Waals surface area contributed by atoms with Crippen LogP contribution in [0.1, 0.15) is 18.4 Å². The highest BCUT2D eigenvalue weighted by Crippen LogP contribution is 2.22. The Morgan fingerprint density at radius 2 is 2.24 bits per heavy atom. The van der Waals surface area contributed by atoms with Gasteiger partial charge in [0.05, 0.1) is 17.2 Å². The zero-order valence-corrected chi connectivity index (χ0v) is 12.8. The van der Waals surface area contributed by atoms with E-state index in [4.69, 9.17) is 10.4 Å². The lowest BCUT2D eigenvalue weighted by Crippen LogP contribution is -2.44. The smallest absolute Gasteiger partial charge is 0.321 e. The van der Waals surface area contributed by atoms with E-state index in [2.05, 4.69) is 21.2 Å². The summed E-state index contributed by atoms with van der Waals surface area (Å²) >= 11 is 3.29. The van der Waals surface area contributed by atoms with Crippen molar-refractivity contribution < 1.29 is 14.7 Å². The van der Waals surface area contributed by atoms with Gasteiger partial charge in [0, 0.05) is 17.6 Å². The topological polar surface area (TPSA) is 93.4 Å². The SMILES string of the molecule is N#Cc1ccc(Br)cc1NC(=O)N1CCC[C@@H](C(=O)O)C1. The Labute approximate surface area is 130 Å². The molecule has 2 amide bonds. The number of aliphatic carboxylic acids is 1. The predicted molar refractivity (Wildman–Crippen MR) is 79.8 cm³/mol. The van der Waals surface area contributed by atoms with Crippen molar-refractivity contribution in [1.29, 1.82) is 5.26 Å². The van der Waals surface area contributed by atoms with Crippen LogP contribution < -0.4 is 5.32 Å². The Bertz CT molecular complexity index is 612. The number of nitrogens with one attached hydrogen (secondary N) is 1. The van der Waals surface area contributed by atoms with E-state index in [1.54, 1.807) is 18.2 Å². The normalized spacial score (nSPS) is 17.9. The molecule has 1 aromatic rings. The van der Waals surface area contributed by atoms with E-state index in [1.165, 1.54) is 4.90 Å². The molecule has 0 aliphatic carbocycles. The summed E-state index contributed by atoms with van der Waals surface area (Å²) in [4.78, 5) is 24.7. The second kappa shape index (κ2) is 6.59. The van der Waals surface area contributed by atoms with Gasteiger partial charge in [0.2, 0.25) is 0 Å². The van der Waals surface area contributed by atoms with Crippen molar-refractivity contribution in [3.8, 4) is 6.07 Å². The molecule has 0 radical (unpaired) electrons. The molecule has 2 N–H and O–H groups in total. The molecule has 6 nitrogen and oxygen atoms in total. The van der Waals surface area contributed by atoms with Gasteiger partial charge in [-0.1, -0.05) is 15.9 Å². The molecule has 21 heavy (non-hydrogen) atoms. The van der Waals surface area contributed by atoms with Gasteiger partial charge in [0.1, 0.15) is 6.07 Å². The van der Waals surface area contributed by atoms with Crippen LogP contribution >= 0.6 is 15.9 Å². The summed E-state index contributed by atoms with van der Waals surface area (Å²) in [6.07, 6.45) is 1.24. The highest BCUT2D eigenvalue weighted by Gasteiger charge is 2.28. The average Bonchev–Trinajstić information content (AvgIpc) is 2.47. The van der Waals surface area contributed by atoms with Gasteiger partial charge in [-0.05, 0) is 31.0 Å². The van der Waals surface area contributed by atoms with Crippen LogP contribution in [-0.4, -0.2) is 35.1 Å². The van der Waals surface area contributed by atoms with Crippen LogP contribution in [0.25, 0.3) is 0 Å². The van der Waals surface area contributed by atoms with Crippen molar-refractivity contribution in [2.45, 2.75) is 12.8 Å². The summed E-state index contributed by atoms with van der Waals surface area (Å²) < 4.78 is 0.749. The number of likely N-dealkylation sites (tertiary alicyclic amines) is 1. The number of anilines is 1. The minimum absolute atomic E-state index is 0.192. The minimum atomic E-state index is -0.882. The van der Waals surface area contributed by atoms with Gasteiger partial charge in [-0.25, -0.2) is 4.79 Å². The molecule has 110 valence electrons. The quantitative estimate of drug-likeness (QED) is 0.856. The number of hydrogen-bond donors (Lipinski definition) is 2. The first-order chi connectivity index (χ1) is 10.0. The van der Waals surface area contributed by atoms with E-state index in [-0.39, 0.29) is 12.6 Å². The van der Waals surface area contributed by atoms with Crippen molar-refractivity contribution in [3.63, 3.8) is 0 Å². The lowest BCUT2D eigenvalue weighted by Gasteiger charge is -2.30. The van der Waals surface area contributed by atoms with Crippen LogP contribution in [0.5, 0.6) is 0 Å². The molecular weight excluding hydrogens is 338 g/mol. The highest BCUT2D eigenvalue weighted by molar-refractivity contribution is 9.10. The summed E-state index contributed by atoms with van der Waals surface area (Å²) in [5.41, 5.74) is 0.771. The first-order valence-electron chi connectivity index (χ1n) is 6.49. The summed E-state index contributed by atoms with van der Waals surface area (Å²) in [5.74, 6) is -1.41. The van der Waals surface area contributed by atoms with E-state index in [1.807, 2.05) is 6.07 Å². The minimum Gasteiger partial charge on any atom is -0.481 e. The number of urea groups is 1. The van der Waals surface area contributed by atoms with Crippen LogP contribution in [0, 0.1) is 17.2 Å². The summed E-state index contributed by atoms with van der Waals surface area (Å²) in [6.45, 7) is 0.711. The van der Waals surface area contributed by atoms with Crippen LogP contribution in [0.15, 0.2) is 22.7 Å². The zero-order valence-electron chi connectivity index (χ0n) is 11.2. The Morgan fingerprint density at radius 1 is 1.48 bits per heavy atom. The number of benzene rings is 1. The maximum Gasteiger partial charge on any atom is 0.321 e. The van der Waals surface area contributed by atoms with Crippen molar-refractivity contribution in [3.05, 3.63) is 28.2 Å². The molecule has 1 saturated heterocycles. The van der Waals surface area contributed by atoms with E-state index in [9.17, 15) is 9.59 Å². The lowest BCUT2D eigenvalue weighted by atomic mass is 9.99. The summed E-state index contributed by atoms with van der Waals surface area (Å²) in [6, 6.07) is 6.60. The molecule has 1 aromatic carbocycles. The maximum atomic E-state index is 12.2. The molecule has 1 heterocycles. The number of nitriles is 1. The number of hydrogen-bond acceptors (Lipinski definition) is 3. The molecule has 1 aliphatic rings. The number of carboxylic acid groups (broad SMARTS) is 1. The van der Waals surface area contributed by atoms with Crippen molar-refractivity contribution in [2.75, 3.05) is 18.4 Å². The molecule has 1 aliphatic heterocycles. The Hall–Kier alpha value is -2.07. The number of amides is 2. The van der Waals surface area contributed by atoms with E-state index >= 15 is 0 Å². The molecule has 0 saturated carbocycles. The van der Waals surface area contributed by atoms with Gasteiger partial charge >= 0.3 is 12.0 Å². The second-order valence-electron chi connectivity index (χ2n) is 4.86. The Morgan fingerprint density at radius 3 is 2.90 bits per heavy atom. The first kappa shape index (κ1) is 15.3. The van der Waals surface area contributed by atoms with Crippen LogP contribution in [-0.2, 0) is 4.79 Å². The van der Waals surface area contributed by atoms with Gasteiger partial charge in [0.25, 0.3) is 0 Å². The average molecular weight is 352 g/mol. The van der Waals surface area contributed by atoms with Gasteiger partial charge in [-0.15, -0.1) is 0 Å². The molecule has 1 atom stereocenters. The molecule has 0 aromatic heterocycles. The molecular formula is C14H14BrN3O3. The fraction of sp³-hybridized carbons (Fsp3) is 0.357. The number of halogens is 1. The maximum absolute atomic E-state index is 12.2. The second-order valence-corrected chi connectivity index (χ2v) is 5.77. The largest absolute Gasteiger partial charge is 0.481 e. The fourth-order valence-corrected chi connectivity index (χ4v) is 2.64. The van der Waals surface area contributed by atoms with Crippen LogP contribution in [0.3, 0.4) is 0 Å². The summed E-state index contributed by atoms with van der Waals surface area (Å²) in [5, 5.41) is 20.8. The highest BCUT2D eigenvalue weighted by atomic mass is 79.9. The predicted octanol–water partition coefficient (Wildman–Crippen LogP) is 2.65. The standard InChI is InChI=1S/C14H14BrN3O3/c15-11-4-3-9(7-16)12(6-11)17-14(21)18-5-1-2-10(8-18)13(19)20/h3-4,6,10H,1-2,5,8H2,(H,17,21)(H,19,20)/t10-/m1/s1. The van der Waals surface area contributed by atoms with Crippen molar-refractivity contribution in [2.24, 2.45) is 5.92 Å². The third-order valence-corrected chi connectivity index (χ3v) is 3.89. The molecule has 7 heteroatoms. The Balaban J connectivity index is 2.09. The zero-order chi connectivity index (χ0) is 15.4. The number of carbonyl (C=O) groups is 2. The number of nitrogens with zero attached hydrogens (tertiary/aromatic N) is 2. The monoisotopic (exact) mass is 351 g/mol. The van der Waals surface area contributed by atoms with E-state index in [0.29, 0.717) is 30.6 Å². The third kappa shape index (κ3) is 3.73. The molecule has 0 bridgehead atoms. The van der Waals surface area contributed by atoms with Gasteiger partial charge in [-0.2, -0.15) is 5.26 Å². The van der Waals surface area contributed by atoms with Crippen LogP contribution in [0.2, 0.25) is 0 Å². The van der Waals surface area contributed by atoms with Gasteiger partial charge in [-0.3, -0.25) is 4.79 Å².